The highest BCUT2D eigenvalue weighted by Gasteiger charge is 2.58. The second-order valence-corrected chi connectivity index (χ2v) is 4.00. The van der Waals surface area contributed by atoms with E-state index in [0.717, 1.165) is 6.07 Å². The largest absolute Gasteiger partial charge is 0.461 e. The highest BCUT2D eigenvalue weighted by Crippen LogP contribution is 2.38. The number of aliphatic hydroxyl groups is 1. The second kappa shape index (κ2) is 5.16. The lowest BCUT2D eigenvalue weighted by Gasteiger charge is -2.31. The molecule has 1 aromatic carbocycles. The van der Waals surface area contributed by atoms with E-state index in [4.69, 9.17) is 0 Å². The lowest BCUT2D eigenvalue weighted by Crippen LogP contribution is -2.49. The zero-order valence-corrected chi connectivity index (χ0v) is 10.2. The summed E-state index contributed by atoms with van der Waals surface area (Å²) in [4.78, 5) is 11.1. The number of carbonyl (C=O) groups is 1. The van der Waals surface area contributed by atoms with Crippen LogP contribution in [0.5, 0.6) is 0 Å². The van der Waals surface area contributed by atoms with Crippen LogP contribution in [0.15, 0.2) is 18.2 Å². The van der Waals surface area contributed by atoms with Crippen molar-refractivity contribution in [1.82, 2.24) is 0 Å². The van der Waals surface area contributed by atoms with E-state index in [1.807, 2.05) is 0 Å². The molecule has 0 aliphatic rings. The summed E-state index contributed by atoms with van der Waals surface area (Å²) in [5, 5.41) is 9.79. The summed E-state index contributed by atoms with van der Waals surface area (Å²) in [6.07, 6.45) is 0. The van der Waals surface area contributed by atoms with Crippen molar-refractivity contribution in [3.05, 3.63) is 35.4 Å². The van der Waals surface area contributed by atoms with Crippen LogP contribution in [0.3, 0.4) is 0 Å². The van der Waals surface area contributed by atoms with Gasteiger partial charge >= 0.3 is 11.9 Å². The Bertz CT molecular complexity index is 486. The van der Waals surface area contributed by atoms with Crippen molar-refractivity contribution >= 4 is 5.97 Å². The number of ether oxygens (including phenoxy) is 1. The van der Waals surface area contributed by atoms with Crippen LogP contribution in [0.4, 0.5) is 17.6 Å². The van der Waals surface area contributed by atoms with Crippen molar-refractivity contribution < 1.29 is 32.2 Å². The Balaban J connectivity index is 3.21. The molecule has 106 valence electrons. The molecule has 0 heterocycles. The molecule has 0 aromatic heterocycles. The molecule has 0 fully saturated rings. The van der Waals surface area contributed by atoms with E-state index in [2.05, 4.69) is 4.74 Å². The molecule has 0 aliphatic heterocycles. The Morgan fingerprint density at radius 1 is 1.32 bits per heavy atom. The summed E-state index contributed by atoms with van der Waals surface area (Å²) in [5.41, 5.74) is -3.65. The average Bonchev–Trinajstić information content (AvgIpc) is 2.32. The highest BCUT2D eigenvalue weighted by atomic mass is 19.3. The highest BCUT2D eigenvalue weighted by molar-refractivity contribution is 5.79. The Morgan fingerprint density at radius 3 is 2.37 bits per heavy atom. The summed E-state index contributed by atoms with van der Waals surface area (Å²) >= 11 is 0. The number of halogens is 4. The number of rotatable bonds is 4. The van der Waals surface area contributed by atoms with E-state index < -0.39 is 34.7 Å². The van der Waals surface area contributed by atoms with Crippen molar-refractivity contribution in [3.8, 4) is 0 Å². The first-order valence-corrected chi connectivity index (χ1v) is 5.37. The van der Waals surface area contributed by atoms with Gasteiger partial charge in [-0.15, -0.1) is 0 Å². The van der Waals surface area contributed by atoms with Crippen LogP contribution in [0.2, 0.25) is 0 Å². The molecule has 0 amide bonds. The van der Waals surface area contributed by atoms with Gasteiger partial charge in [0.1, 0.15) is 0 Å². The topological polar surface area (TPSA) is 46.5 Å². The summed E-state index contributed by atoms with van der Waals surface area (Å²) < 4.78 is 57.4. The van der Waals surface area contributed by atoms with Gasteiger partial charge < -0.3 is 9.84 Å². The second-order valence-electron chi connectivity index (χ2n) is 4.00. The van der Waals surface area contributed by atoms with Crippen molar-refractivity contribution in [3.63, 3.8) is 0 Å². The van der Waals surface area contributed by atoms with Crippen LogP contribution in [0.1, 0.15) is 19.4 Å². The van der Waals surface area contributed by atoms with Crippen LogP contribution in [-0.4, -0.2) is 23.6 Å². The maximum atomic E-state index is 13.8. The fourth-order valence-corrected chi connectivity index (χ4v) is 1.40. The molecule has 0 saturated carbocycles. The molecule has 1 N–H and O–H groups in total. The molecular formula is C12H12F4O3. The zero-order valence-electron chi connectivity index (χ0n) is 10.2. The average molecular weight is 280 g/mol. The standard InChI is InChI=1S/C12H12F4O3/c1-3-19-10(17)12(15,16)11(2,18)7-4-5-8(13)9(14)6-7/h4-6,18H,3H2,1-2H3. The minimum Gasteiger partial charge on any atom is -0.461 e. The lowest BCUT2D eigenvalue weighted by molar-refractivity contribution is -0.212. The Hall–Kier alpha value is -1.63. The zero-order chi connectivity index (χ0) is 14.8. The van der Waals surface area contributed by atoms with Gasteiger partial charge in [0.15, 0.2) is 17.2 Å². The number of benzene rings is 1. The molecule has 0 aliphatic carbocycles. The molecule has 19 heavy (non-hydrogen) atoms. The van der Waals surface area contributed by atoms with E-state index in [1.165, 1.54) is 6.92 Å². The minimum absolute atomic E-state index is 0.303. The van der Waals surface area contributed by atoms with E-state index in [-0.39, 0.29) is 6.61 Å². The number of hydrogen-bond acceptors (Lipinski definition) is 3. The Kier molecular flexibility index (Phi) is 4.19. The molecule has 7 heteroatoms. The quantitative estimate of drug-likeness (QED) is 0.680. The van der Waals surface area contributed by atoms with Crippen LogP contribution in [0, 0.1) is 11.6 Å². The van der Waals surface area contributed by atoms with E-state index in [9.17, 15) is 27.5 Å². The monoisotopic (exact) mass is 280 g/mol. The summed E-state index contributed by atoms with van der Waals surface area (Å²) in [6, 6.07) is 1.76. The third kappa shape index (κ3) is 2.70. The first-order valence-electron chi connectivity index (χ1n) is 5.37. The van der Waals surface area contributed by atoms with Crippen molar-refractivity contribution in [2.45, 2.75) is 25.4 Å². The van der Waals surface area contributed by atoms with Gasteiger partial charge in [-0.2, -0.15) is 8.78 Å². The van der Waals surface area contributed by atoms with Crippen molar-refractivity contribution in [2.24, 2.45) is 0 Å². The van der Waals surface area contributed by atoms with Gasteiger partial charge in [0.25, 0.3) is 0 Å². The maximum absolute atomic E-state index is 13.8. The normalized spacial score (nSPS) is 14.9. The van der Waals surface area contributed by atoms with E-state index >= 15 is 0 Å². The van der Waals surface area contributed by atoms with Gasteiger partial charge in [0, 0.05) is 0 Å². The first-order chi connectivity index (χ1) is 8.64. The molecule has 1 aromatic rings. The Morgan fingerprint density at radius 2 is 1.89 bits per heavy atom. The smallest absolute Gasteiger partial charge is 0.380 e. The van der Waals surface area contributed by atoms with Crippen LogP contribution >= 0.6 is 0 Å². The first kappa shape index (κ1) is 15.4. The predicted molar refractivity (Wildman–Crippen MR) is 57.5 cm³/mol. The van der Waals surface area contributed by atoms with Crippen LogP contribution in [-0.2, 0) is 15.1 Å². The van der Waals surface area contributed by atoms with E-state index in [1.54, 1.807) is 0 Å². The molecule has 3 nitrogen and oxygen atoms in total. The third-order valence-corrected chi connectivity index (χ3v) is 2.62. The van der Waals surface area contributed by atoms with Gasteiger partial charge in [-0.1, -0.05) is 6.07 Å². The third-order valence-electron chi connectivity index (χ3n) is 2.62. The summed E-state index contributed by atoms with van der Waals surface area (Å²) in [6.45, 7) is 1.64. The van der Waals surface area contributed by atoms with Crippen molar-refractivity contribution in [2.75, 3.05) is 6.61 Å². The number of alkyl halides is 2. The molecule has 0 spiro atoms. The van der Waals surface area contributed by atoms with Crippen LogP contribution < -0.4 is 0 Å². The summed E-state index contributed by atoms with van der Waals surface area (Å²) in [7, 11) is 0. The van der Waals surface area contributed by atoms with Crippen LogP contribution in [0.25, 0.3) is 0 Å². The van der Waals surface area contributed by atoms with Gasteiger partial charge in [-0.3, -0.25) is 0 Å². The molecule has 0 radical (unpaired) electrons. The van der Waals surface area contributed by atoms with Gasteiger partial charge in [-0.05, 0) is 31.5 Å². The Labute approximate surface area is 106 Å². The molecule has 0 bridgehead atoms. The minimum atomic E-state index is -4.30. The molecule has 0 saturated heterocycles. The number of hydrogen-bond donors (Lipinski definition) is 1. The number of esters is 1. The molecule has 1 unspecified atom stereocenters. The van der Waals surface area contributed by atoms with E-state index in [0.29, 0.717) is 19.1 Å². The van der Waals surface area contributed by atoms with Crippen molar-refractivity contribution in [1.29, 1.82) is 0 Å². The van der Waals surface area contributed by atoms with Gasteiger partial charge in [-0.25, -0.2) is 13.6 Å². The van der Waals surface area contributed by atoms with Gasteiger partial charge in [0.2, 0.25) is 0 Å². The molecular weight excluding hydrogens is 268 g/mol. The maximum Gasteiger partial charge on any atom is 0.380 e. The fraction of sp³-hybridized carbons (Fsp3) is 0.417. The van der Waals surface area contributed by atoms with Gasteiger partial charge in [0.05, 0.1) is 6.61 Å². The molecule has 1 rings (SSSR count). The molecule has 1 atom stereocenters. The lowest BCUT2D eigenvalue weighted by atomic mass is 9.89. The predicted octanol–water partition coefficient (Wildman–Crippen LogP) is 2.37. The summed E-state index contributed by atoms with van der Waals surface area (Å²) in [5.74, 6) is -8.89. The SMILES string of the molecule is CCOC(=O)C(F)(F)C(C)(O)c1ccc(F)c(F)c1. The number of carbonyl (C=O) groups excluding carboxylic acids is 1. The fourth-order valence-electron chi connectivity index (χ4n) is 1.40.